The van der Waals surface area contributed by atoms with Gasteiger partial charge in [0.1, 0.15) is 6.04 Å². The molecule has 106 valence electrons. The van der Waals surface area contributed by atoms with Gasteiger partial charge < -0.3 is 10.8 Å². The summed E-state index contributed by atoms with van der Waals surface area (Å²) in [5.41, 5.74) is 7.63. The van der Waals surface area contributed by atoms with E-state index in [9.17, 15) is 4.79 Å². The number of rotatable bonds is 8. The Hall–Kier alpha value is -1.43. The zero-order valence-electron chi connectivity index (χ0n) is 11.5. The molecular weight excluding hydrogens is 244 g/mol. The van der Waals surface area contributed by atoms with Crippen molar-refractivity contribution in [3.63, 3.8) is 0 Å². The molecule has 0 aliphatic rings. The fourth-order valence-corrected chi connectivity index (χ4v) is 1.75. The van der Waals surface area contributed by atoms with Gasteiger partial charge in [0.15, 0.2) is 0 Å². The molecule has 1 unspecified atom stereocenters. The summed E-state index contributed by atoms with van der Waals surface area (Å²) in [7, 11) is 1.91. The summed E-state index contributed by atoms with van der Waals surface area (Å²) >= 11 is 0. The van der Waals surface area contributed by atoms with Crippen LogP contribution in [0.15, 0.2) is 24.3 Å². The molecule has 5 nitrogen and oxygen atoms in total. The number of carboxylic acid groups (broad SMARTS) is 1. The third-order valence-electron chi connectivity index (χ3n) is 2.86. The van der Waals surface area contributed by atoms with Crippen molar-refractivity contribution in [3.05, 3.63) is 35.4 Å². The highest BCUT2D eigenvalue weighted by molar-refractivity contribution is 5.73. The average molecular weight is 266 g/mol. The zero-order chi connectivity index (χ0) is 14.3. The molecule has 0 radical (unpaired) electrons. The standard InChI is InChI=1S/C14H22N2O3/c1-3-19-16(2)9-8-11-4-6-12(7-5-11)10-13(15)14(17)18/h4-7,13H,3,8-10,15H2,1-2H3,(H,17,18). The minimum absolute atomic E-state index is 0.356. The second-order valence-electron chi connectivity index (χ2n) is 4.48. The van der Waals surface area contributed by atoms with Gasteiger partial charge in [-0.2, -0.15) is 5.06 Å². The van der Waals surface area contributed by atoms with Gasteiger partial charge >= 0.3 is 5.97 Å². The van der Waals surface area contributed by atoms with E-state index in [1.807, 2.05) is 43.3 Å². The molecule has 0 aliphatic heterocycles. The molecule has 0 fully saturated rings. The maximum absolute atomic E-state index is 10.7. The van der Waals surface area contributed by atoms with Crippen LogP contribution in [0.1, 0.15) is 18.1 Å². The molecule has 0 spiro atoms. The van der Waals surface area contributed by atoms with Crippen molar-refractivity contribution in [2.45, 2.75) is 25.8 Å². The first-order chi connectivity index (χ1) is 9.02. The van der Waals surface area contributed by atoms with Gasteiger partial charge in [-0.05, 0) is 30.9 Å². The molecule has 0 amide bonds. The summed E-state index contributed by atoms with van der Waals surface area (Å²) in [6.07, 6.45) is 1.25. The van der Waals surface area contributed by atoms with Crippen LogP contribution < -0.4 is 5.73 Å². The summed E-state index contributed by atoms with van der Waals surface area (Å²) in [5.74, 6) is -0.970. The first-order valence-corrected chi connectivity index (χ1v) is 6.43. The average Bonchev–Trinajstić information content (AvgIpc) is 2.38. The highest BCUT2D eigenvalue weighted by atomic mass is 16.7. The smallest absolute Gasteiger partial charge is 0.320 e. The maximum Gasteiger partial charge on any atom is 0.320 e. The fourth-order valence-electron chi connectivity index (χ4n) is 1.75. The van der Waals surface area contributed by atoms with Gasteiger partial charge in [0.2, 0.25) is 0 Å². The Kier molecular flexibility index (Phi) is 6.49. The first kappa shape index (κ1) is 15.6. The normalized spacial score (nSPS) is 12.6. The zero-order valence-corrected chi connectivity index (χ0v) is 11.5. The van der Waals surface area contributed by atoms with Crippen molar-refractivity contribution in [2.24, 2.45) is 5.73 Å². The molecule has 0 saturated heterocycles. The van der Waals surface area contributed by atoms with E-state index >= 15 is 0 Å². The van der Waals surface area contributed by atoms with Crippen LogP contribution in [0.2, 0.25) is 0 Å². The van der Waals surface area contributed by atoms with E-state index in [1.54, 1.807) is 0 Å². The lowest BCUT2D eigenvalue weighted by Crippen LogP contribution is -2.32. The molecule has 0 aromatic heterocycles. The van der Waals surface area contributed by atoms with Crippen molar-refractivity contribution in [3.8, 4) is 0 Å². The number of hydrogen-bond acceptors (Lipinski definition) is 4. The van der Waals surface area contributed by atoms with Gasteiger partial charge in [-0.15, -0.1) is 0 Å². The largest absolute Gasteiger partial charge is 0.480 e. The van der Waals surface area contributed by atoms with E-state index in [-0.39, 0.29) is 0 Å². The topological polar surface area (TPSA) is 75.8 Å². The Morgan fingerprint density at radius 1 is 1.37 bits per heavy atom. The van der Waals surface area contributed by atoms with Crippen LogP contribution in [0.3, 0.4) is 0 Å². The molecule has 19 heavy (non-hydrogen) atoms. The Labute approximate surface area is 113 Å². The van der Waals surface area contributed by atoms with E-state index in [0.29, 0.717) is 13.0 Å². The predicted octanol–water partition coefficient (Wildman–Crippen LogP) is 1.07. The number of carbonyl (C=O) groups is 1. The highest BCUT2D eigenvalue weighted by Gasteiger charge is 2.11. The summed E-state index contributed by atoms with van der Waals surface area (Å²) in [5, 5.41) is 10.6. The second kappa shape index (κ2) is 7.89. The maximum atomic E-state index is 10.7. The van der Waals surface area contributed by atoms with Crippen LogP contribution in [0.25, 0.3) is 0 Å². The van der Waals surface area contributed by atoms with Crippen LogP contribution in [-0.2, 0) is 22.5 Å². The lowest BCUT2D eigenvalue weighted by Gasteiger charge is -2.15. The summed E-state index contributed by atoms with van der Waals surface area (Å²) in [4.78, 5) is 16.0. The van der Waals surface area contributed by atoms with E-state index in [0.717, 1.165) is 18.5 Å². The van der Waals surface area contributed by atoms with E-state index < -0.39 is 12.0 Å². The summed E-state index contributed by atoms with van der Waals surface area (Å²) in [6, 6.07) is 7.03. The molecule has 1 atom stereocenters. The molecule has 0 saturated carbocycles. The number of hydroxylamine groups is 2. The third-order valence-corrected chi connectivity index (χ3v) is 2.86. The number of nitrogens with zero attached hydrogens (tertiary/aromatic N) is 1. The molecule has 3 N–H and O–H groups in total. The quantitative estimate of drug-likeness (QED) is 0.688. The third kappa shape index (κ3) is 5.83. The van der Waals surface area contributed by atoms with Crippen LogP contribution in [0.5, 0.6) is 0 Å². The minimum atomic E-state index is -0.970. The van der Waals surface area contributed by atoms with Crippen molar-refractivity contribution in [2.75, 3.05) is 20.2 Å². The Morgan fingerprint density at radius 2 is 1.95 bits per heavy atom. The van der Waals surface area contributed by atoms with E-state index in [1.165, 1.54) is 5.56 Å². The van der Waals surface area contributed by atoms with Crippen LogP contribution in [0.4, 0.5) is 0 Å². The van der Waals surface area contributed by atoms with Crippen molar-refractivity contribution in [1.29, 1.82) is 0 Å². The lowest BCUT2D eigenvalue weighted by atomic mass is 10.0. The van der Waals surface area contributed by atoms with Gasteiger partial charge in [-0.25, -0.2) is 0 Å². The monoisotopic (exact) mass is 266 g/mol. The van der Waals surface area contributed by atoms with Crippen LogP contribution in [-0.4, -0.2) is 42.4 Å². The molecular formula is C14H22N2O3. The molecule has 1 aromatic carbocycles. The van der Waals surface area contributed by atoms with Gasteiger partial charge in [0, 0.05) is 13.6 Å². The van der Waals surface area contributed by atoms with Crippen molar-refractivity contribution < 1.29 is 14.7 Å². The Morgan fingerprint density at radius 3 is 2.47 bits per heavy atom. The van der Waals surface area contributed by atoms with Crippen molar-refractivity contribution >= 4 is 5.97 Å². The Balaban J connectivity index is 2.45. The SMILES string of the molecule is CCON(C)CCc1ccc(CC(N)C(=O)O)cc1. The van der Waals surface area contributed by atoms with Crippen LogP contribution in [0, 0.1) is 0 Å². The van der Waals surface area contributed by atoms with Gasteiger partial charge in [0.05, 0.1) is 6.61 Å². The second-order valence-corrected chi connectivity index (χ2v) is 4.48. The van der Waals surface area contributed by atoms with Crippen molar-refractivity contribution in [1.82, 2.24) is 5.06 Å². The molecule has 5 heteroatoms. The van der Waals surface area contributed by atoms with Gasteiger partial charge in [-0.1, -0.05) is 24.3 Å². The minimum Gasteiger partial charge on any atom is -0.480 e. The summed E-state index contributed by atoms with van der Waals surface area (Å²) < 4.78 is 0. The number of carboxylic acids is 1. The molecule has 0 bridgehead atoms. The number of benzene rings is 1. The van der Waals surface area contributed by atoms with Gasteiger partial charge in [0.25, 0.3) is 0 Å². The molecule has 0 heterocycles. The van der Waals surface area contributed by atoms with Gasteiger partial charge in [-0.3, -0.25) is 9.63 Å². The van der Waals surface area contributed by atoms with E-state index in [2.05, 4.69) is 0 Å². The number of likely N-dealkylation sites (N-methyl/N-ethyl adjacent to an activating group) is 1. The molecule has 1 aromatic rings. The fraction of sp³-hybridized carbons (Fsp3) is 0.500. The lowest BCUT2D eigenvalue weighted by molar-refractivity contribution is -0.138. The van der Waals surface area contributed by atoms with E-state index in [4.69, 9.17) is 15.7 Å². The number of nitrogens with two attached hydrogens (primary N) is 1. The number of hydrogen-bond donors (Lipinski definition) is 2. The number of aliphatic carboxylic acids is 1. The molecule has 0 aliphatic carbocycles. The molecule has 1 rings (SSSR count). The Bertz CT molecular complexity index is 392. The predicted molar refractivity (Wildman–Crippen MR) is 73.7 cm³/mol. The van der Waals surface area contributed by atoms with Crippen LogP contribution >= 0.6 is 0 Å². The highest BCUT2D eigenvalue weighted by Crippen LogP contribution is 2.08. The first-order valence-electron chi connectivity index (χ1n) is 6.43. The summed E-state index contributed by atoms with van der Waals surface area (Å²) in [6.45, 7) is 3.45.